The maximum Gasteiger partial charge on any atom is 0.244 e. The molecule has 4 heteroatoms. The van der Waals surface area contributed by atoms with E-state index in [1.165, 1.54) is 5.56 Å². The Bertz CT molecular complexity index is 1020. The van der Waals surface area contributed by atoms with Gasteiger partial charge >= 0.3 is 0 Å². The Morgan fingerprint density at radius 3 is 2.64 bits per heavy atom. The molecule has 1 amide bonds. The molecule has 0 spiro atoms. The highest BCUT2D eigenvalue weighted by Crippen LogP contribution is 2.27. The van der Waals surface area contributed by atoms with Crippen molar-refractivity contribution in [3.8, 4) is 5.75 Å². The lowest BCUT2D eigenvalue weighted by Crippen LogP contribution is -2.20. The van der Waals surface area contributed by atoms with Crippen LogP contribution in [0.25, 0.3) is 10.8 Å². The van der Waals surface area contributed by atoms with Crippen LogP contribution in [0.1, 0.15) is 36.1 Å². The molecule has 28 heavy (non-hydrogen) atoms. The Morgan fingerprint density at radius 1 is 1.11 bits per heavy atom. The van der Waals surface area contributed by atoms with Gasteiger partial charge in [-0.1, -0.05) is 54.1 Å². The minimum absolute atomic E-state index is 0.0485. The lowest BCUT2D eigenvalue weighted by atomic mass is 10.0. The molecule has 3 aromatic carbocycles. The summed E-state index contributed by atoms with van der Waals surface area (Å²) in [5.41, 5.74) is 6.81. The Balaban J connectivity index is 1.79. The molecule has 0 atom stereocenters. The summed E-state index contributed by atoms with van der Waals surface area (Å²) in [7, 11) is 0. The van der Waals surface area contributed by atoms with Crippen LogP contribution >= 0.6 is 0 Å². The summed E-state index contributed by atoms with van der Waals surface area (Å²) in [6, 6.07) is 18.1. The summed E-state index contributed by atoms with van der Waals surface area (Å²) in [5, 5.41) is 6.33. The van der Waals surface area contributed by atoms with Crippen LogP contribution in [0.4, 0.5) is 0 Å². The third-order valence-corrected chi connectivity index (χ3v) is 4.53. The first-order valence-corrected chi connectivity index (χ1v) is 9.50. The van der Waals surface area contributed by atoms with Gasteiger partial charge in [0.2, 0.25) is 5.91 Å². The van der Waals surface area contributed by atoms with Gasteiger partial charge in [0.1, 0.15) is 5.75 Å². The lowest BCUT2D eigenvalue weighted by Gasteiger charge is -2.14. The maximum absolute atomic E-state index is 12.3. The van der Waals surface area contributed by atoms with Crippen molar-refractivity contribution in [2.45, 2.75) is 40.2 Å². The van der Waals surface area contributed by atoms with Crippen molar-refractivity contribution in [2.24, 2.45) is 5.10 Å². The van der Waals surface area contributed by atoms with E-state index in [0.717, 1.165) is 33.2 Å². The molecule has 0 aliphatic heterocycles. The van der Waals surface area contributed by atoms with E-state index in [-0.39, 0.29) is 12.0 Å². The second-order valence-electron chi connectivity index (χ2n) is 7.27. The molecule has 0 saturated heterocycles. The van der Waals surface area contributed by atoms with Crippen LogP contribution in [0.2, 0.25) is 0 Å². The number of hydrogen-bond acceptors (Lipinski definition) is 3. The summed E-state index contributed by atoms with van der Waals surface area (Å²) >= 11 is 0. The van der Waals surface area contributed by atoms with Crippen molar-refractivity contribution >= 4 is 22.9 Å². The van der Waals surface area contributed by atoms with Crippen molar-refractivity contribution in [2.75, 3.05) is 0 Å². The normalized spacial score (nSPS) is 11.3. The molecule has 0 bridgehead atoms. The van der Waals surface area contributed by atoms with Gasteiger partial charge in [0.15, 0.2) is 0 Å². The molecule has 0 heterocycles. The predicted octanol–water partition coefficient (Wildman–Crippen LogP) is 4.94. The quantitative estimate of drug-likeness (QED) is 0.491. The summed E-state index contributed by atoms with van der Waals surface area (Å²) in [4.78, 5) is 12.3. The molecule has 4 nitrogen and oxygen atoms in total. The highest BCUT2D eigenvalue weighted by atomic mass is 16.5. The summed E-state index contributed by atoms with van der Waals surface area (Å²) < 4.78 is 5.93. The number of rotatable bonds is 6. The fourth-order valence-electron chi connectivity index (χ4n) is 3.19. The van der Waals surface area contributed by atoms with Gasteiger partial charge in [0, 0.05) is 5.56 Å². The largest absolute Gasteiger partial charge is 0.490 e. The Hall–Kier alpha value is -3.14. The van der Waals surface area contributed by atoms with Crippen molar-refractivity contribution in [1.29, 1.82) is 0 Å². The van der Waals surface area contributed by atoms with Gasteiger partial charge in [-0.2, -0.15) is 5.10 Å². The average Bonchev–Trinajstić information content (AvgIpc) is 2.65. The number of benzene rings is 3. The van der Waals surface area contributed by atoms with Crippen molar-refractivity contribution in [3.05, 3.63) is 76.9 Å². The maximum atomic E-state index is 12.3. The van der Waals surface area contributed by atoms with E-state index in [9.17, 15) is 4.79 Å². The molecule has 0 fully saturated rings. The van der Waals surface area contributed by atoms with Crippen molar-refractivity contribution in [3.63, 3.8) is 0 Å². The third-order valence-electron chi connectivity index (χ3n) is 4.53. The molecule has 0 saturated carbocycles. The minimum atomic E-state index is -0.144. The van der Waals surface area contributed by atoms with Crippen LogP contribution in [0.15, 0.2) is 59.7 Å². The van der Waals surface area contributed by atoms with Gasteiger partial charge in [0.25, 0.3) is 0 Å². The van der Waals surface area contributed by atoms with E-state index in [1.54, 1.807) is 6.21 Å². The molecule has 0 unspecified atom stereocenters. The highest BCUT2D eigenvalue weighted by molar-refractivity contribution is 6.02. The van der Waals surface area contributed by atoms with Crippen molar-refractivity contribution < 1.29 is 9.53 Å². The number of fused-ring (bicyclic) bond motifs is 1. The average molecular weight is 374 g/mol. The number of nitrogens with one attached hydrogen (secondary N) is 1. The molecule has 3 aromatic rings. The predicted molar refractivity (Wildman–Crippen MR) is 115 cm³/mol. The zero-order valence-corrected chi connectivity index (χ0v) is 16.8. The Labute approximate surface area is 166 Å². The number of nitrogens with zero attached hydrogens (tertiary/aromatic N) is 1. The number of amides is 1. The fourth-order valence-corrected chi connectivity index (χ4v) is 3.19. The van der Waals surface area contributed by atoms with E-state index in [0.29, 0.717) is 6.42 Å². The number of carbonyl (C=O) groups excluding carboxylic acids is 1. The highest BCUT2D eigenvalue weighted by Gasteiger charge is 2.09. The fraction of sp³-hybridized carbons (Fsp3) is 0.250. The molecule has 3 rings (SSSR count). The van der Waals surface area contributed by atoms with Crippen LogP contribution in [0.5, 0.6) is 5.75 Å². The van der Waals surface area contributed by atoms with Crippen LogP contribution in [0, 0.1) is 13.8 Å². The van der Waals surface area contributed by atoms with Crippen LogP contribution < -0.4 is 10.2 Å². The van der Waals surface area contributed by atoms with Gasteiger partial charge in [-0.3, -0.25) is 4.79 Å². The van der Waals surface area contributed by atoms with Crippen LogP contribution in [-0.4, -0.2) is 18.2 Å². The van der Waals surface area contributed by atoms with Crippen LogP contribution in [0.3, 0.4) is 0 Å². The number of aryl methyl sites for hydroxylation is 2. The lowest BCUT2D eigenvalue weighted by molar-refractivity contribution is -0.120. The van der Waals surface area contributed by atoms with E-state index >= 15 is 0 Å². The molecule has 0 radical (unpaired) electrons. The number of ether oxygens (including phenoxy) is 1. The standard InChI is InChI=1S/C24H26N2O2/c1-16(2)28-23-12-11-19-7-5-6-8-21(19)22(23)15-25-26-24(27)14-20-10-9-17(3)13-18(20)4/h5-13,15-16H,14H2,1-4H3,(H,26,27)/b25-15-. The third kappa shape index (κ3) is 4.77. The van der Waals surface area contributed by atoms with Crippen LogP contribution in [-0.2, 0) is 11.2 Å². The van der Waals surface area contributed by atoms with Gasteiger partial charge < -0.3 is 4.74 Å². The first-order valence-electron chi connectivity index (χ1n) is 9.50. The first kappa shape index (κ1) is 19.6. The molecule has 0 aliphatic carbocycles. The zero-order chi connectivity index (χ0) is 20.1. The number of carbonyl (C=O) groups is 1. The summed E-state index contributed by atoms with van der Waals surface area (Å²) in [6.45, 7) is 8.04. The molecule has 1 N–H and O–H groups in total. The zero-order valence-electron chi connectivity index (χ0n) is 16.8. The second-order valence-corrected chi connectivity index (χ2v) is 7.27. The molecular formula is C24H26N2O2. The Morgan fingerprint density at radius 2 is 1.89 bits per heavy atom. The molecule has 144 valence electrons. The Kier molecular flexibility index (Phi) is 6.09. The molecule has 0 aliphatic rings. The second kappa shape index (κ2) is 8.70. The van der Waals surface area contributed by atoms with E-state index in [4.69, 9.17) is 4.74 Å². The van der Waals surface area contributed by atoms with Gasteiger partial charge in [0.05, 0.1) is 18.7 Å². The van der Waals surface area contributed by atoms with Gasteiger partial charge in [-0.25, -0.2) is 5.43 Å². The molecule has 0 aromatic heterocycles. The number of hydrazone groups is 1. The van der Waals surface area contributed by atoms with Gasteiger partial charge in [-0.15, -0.1) is 0 Å². The summed E-state index contributed by atoms with van der Waals surface area (Å²) in [5.74, 6) is 0.607. The smallest absolute Gasteiger partial charge is 0.244 e. The monoisotopic (exact) mass is 374 g/mol. The number of hydrogen-bond donors (Lipinski definition) is 1. The van der Waals surface area contributed by atoms with Gasteiger partial charge in [-0.05, 0) is 55.7 Å². The summed E-state index contributed by atoms with van der Waals surface area (Å²) in [6.07, 6.45) is 2.02. The van der Waals surface area contributed by atoms with Crippen molar-refractivity contribution in [1.82, 2.24) is 5.43 Å². The first-order chi connectivity index (χ1) is 13.4. The van der Waals surface area contributed by atoms with E-state index < -0.39 is 0 Å². The minimum Gasteiger partial charge on any atom is -0.490 e. The molecular weight excluding hydrogens is 348 g/mol. The SMILES string of the molecule is Cc1ccc(CC(=O)N/N=C\c2c(OC(C)C)ccc3ccccc23)c(C)c1. The van der Waals surface area contributed by atoms with E-state index in [2.05, 4.69) is 16.6 Å². The van der Waals surface area contributed by atoms with E-state index in [1.807, 2.05) is 76.2 Å². The topological polar surface area (TPSA) is 50.7 Å².